The van der Waals surface area contributed by atoms with Crippen LogP contribution in [0.5, 0.6) is 0 Å². The standard InChI is InChI=1S/C11H14N6/c1-7-5-9(8(2)14-13-7)11-16-15-10-6-12-3-4-17(10)11/h5,12H,3-4,6H2,1-2H3. The second kappa shape index (κ2) is 3.89. The molecule has 1 N–H and O–H groups in total. The van der Waals surface area contributed by atoms with E-state index in [0.29, 0.717) is 0 Å². The molecule has 0 radical (unpaired) electrons. The third kappa shape index (κ3) is 1.70. The van der Waals surface area contributed by atoms with Crippen LogP contribution in [0.4, 0.5) is 0 Å². The van der Waals surface area contributed by atoms with Crippen molar-refractivity contribution in [1.29, 1.82) is 0 Å². The third-order valence-electron chi connectivity index (χ3n) is 2.96. The van der Waals surface area contributed by atoms with E-state index in [9.17, 15) is 0 Å². The van der Waals surface area contributed by atoms with Crippen molar-refractivity contribution in [2.45, 2.75) is 26.9 Å². The van der Waals surface area contributed by atoms with Gasteiger partial charge in [0.2, 0.25) is 0 Å². The van der Waals surface area contributed by atoms with Crippen LogP contribution in [0.15, 0.2) is 6.07 Å². The lowest BCUT2D eigenvalue weighted by Gasteiger charge is -2.16. The van der Waals surface area contributed by atoms with E-state index < -0.39 is 0 Å². The number of nitrogens with one attached hydrogen (secondary N) is 1. The molecule has 1 aliphatic heterocycles. The molecule has 2 aromatic heterocycles. The van der Waals surface area contributed by atoms with Crippen molar-refractivity contribution in [2.75, 3.05) is 6.54 Å². The Morgan fingerprint density at radius 3 is 2.94 bits per heavy atom. The van der Waals surface area contributed by atoms with E-state index in [-0.39, 0.29) is 0 Å². The summed E-state index contributed by atoms with van der Waals surface area (Å²) in [7, 11) is 0. The summed E-state index contributed by atoms with van der Waals surface area (Å²) in [5.41, 5.74) is 2.82. The summed E-state index contributed by atoms with van der Waals surface area (Å²) >= 11 is 0. The van der Waals surface area contributed by atoms with Crippen LogP contribution in [-0.2, 0) is 13.1 Å². The van der Waals surface area contributed by atoms with Crippen LogP contribution in [0.2, 0.25) is 0 Å². The second-order valence-electron chi connectivity index (χ2n) is 4.25. The van der Waals surface area contributed by atoms with Gasteiger partial charge in [-0.25, -0.2) is 0 Å². The minimum Gasteiger partial charge on any atom is -0.309 e. The fourth-order valence-corrected chi connectivity index (χ4v) is 2.07. The van der Waals surface area contributed by atoms with Gasteiger partial charge in [0.1, 0.15) is 5.82 Å². The Bertz CT molecular complexity index is 559. The number of fused-ring (bicyclic) bond motifs is 1. The number of aromatic nitrogens is 5. The van der Waals surface area contributed by atoms with E-state index in [1.807, 2.05) is 19.9 Å². The zero-order valence-electron chi connectivity index (χ0n) is 9.93. The van der Waals surface area contributed by atoms with Gasteiger partial charge in [-0.1, -0.05) is 0 Å². The van der Waals surface area contributed by atoms with Crippen LogP contribution in [-0.4, -0.2) is 31.5 Å². The molecule has 0 bridgehead atoms. The van der Waals surface area contributed by atoms with Crippen molar-refractivity contribution < 1.29 is 0 Å². The quantitative estimate of drug-likeness (QED) is 0.770. The molecule has 0 saturated carbocycles. The molecule has 3 heterocycles. The van der Waals surface area contributed by atoms with Crippen LogP contribution >= 0.6 is 0 Å². The first-order chi connectivity index (χ1) is 8.25. The topological polar surface area (TPSA) is 68.5 Å². The minimum atomic E-state index is 0.781. The van der Waals surface area contributed by atoms with Crippen LogP contribution < -0.4 is 5.32 Å². The molecule has 0 amide bonds. The normalized spacial score (nSPS) is 14.7. The molecule has 17 heavy (non-hydrogen) atoms. The van der Waals surface area contributed by atoms with Gasteiger partial charge in [-0.05, 0) is 19.9 Å². The number of hydrogen-bond donors (Lipinski definition) is 1. The van der Waals surface area contributed by atoms with Crippen LogP contribution in [0.25, 0.3) is 11.4 Å². The molecule has 2 aromatic rings. The first-order valence-corrected chi connectivity index (χ1v) is 5.70. The molecular weight excluding hydrogens is 216 g/mol. The van der Waals surface area contributed by atoms with Crippen molar-refractivity contribution in [3.8, 4) is 11.4 Å². The summed E-state index contributed by atoms with van der Waals surface area (Å²) in [4.78, 5) is 0. The molecule has 0 spiro atoms. The first kappa shape index (κ1) is 10.3. The van der Waals surface area contributed by atoms with E-state index in [1.165, 1.54) is 0 Å². The molecule has 0 fully saturated rings. The molecule has 0 unspecified atom stereocenters. The average molecular weight is 230 g/mol. The number of nitrogens with zero attached hydrogens (tertiary/aromatic N) is 5. The number of hydrogen-bond acceptors (Lipinski definition) is 5. The van der Waals surface area contributed by atoms with Crippen molar-refractivity contribution in [2.24, 2.45) is 0 Å². The highest BCUT2D eigenvalue weighted by Gasteiger charge is 2.18. The van der Waals surface area contributed by atoms with Gasteiger partial charge in [-0.15, -0.1) is 10.2 Å². The zero-order valence-corrected chi connectivity index (χ0v) is 9.93. The Kier molecular flexibility index (Phi) is 2.36. The Morgan fingerprint density at radius 1 is 1.18 bits per heavy atom. The van der Waals surface area contributed by atoms with E-state index in [4.69, 9.17) is 0 Å². The Morgan fingerprint density at radius 2 is 2.06 bits per heavy atom. The largest absolute Gasteiger partial charge is 0.309 e. The van der Waals surface area contributed by atoms with E-state index in [2.05, 4.69) is 30.3 Å². The summed E-state index contributed by atoms with van der Waals surface area (Å²) < 4.78 is 2.15. The molecule has 0 atom stereocenters. The first-order valence-electron chi connectivity index (χ1n) is 5.70. The predicted molar refractivity (Wildman–Crippen MR) is 62.2 cm³/mol. The van der Waals surface area contributed by atoms with E-state index in [0.717, 1.165) is 48.2 Å². The minimum absolute atomic E-state index is 0.781. The van der Waals surface area contributed by atoms with Crippen molar-refractivity contribution in [3.05, 3.63) is 23.3 Å². The monoisotopic (exact) mass is 230 g/mol. The smallest absolute Gasteiger partial charge is 0.166 e. The van der Waals surface area contributed by atoms with Gasteiger partial charge in [-0.3, -0.25) is 0 Å². The molecule has 6 nitrogen and oxygen atoms in total. The van der Waals surface area contributed by atoms with Gasteiger partial charge in [0.25, 0.3) is 0 Å². The lowest BCUT2D eigenvalue weighted by atomic mass is 10.2. The van der Waals surface area contributed by atoms with Gasteiger partial charge in [-0.2, -0.15) is 10.2 Å². The highest BCUT2D eigenvalue weighted by molar-refractivity contribution is 5.58. The number of aryl methyl sites for hydroxylation is 2. The van der Waals surface area contributed by atoms with Crippen LogP contribution in [0.1, 0.15) is 17.2 Å². The third-order valence-corrected chi connectivity index (χ3v) is 2.96. The highest BCUT2D eigenvalue weighted by Crippen LogP contribution is 2.22. The molecule has 88 valence electrons. The van der Waals surface area contributed by atoms with Gasteiger partial charge in [0, 0.05) is 18.7 Å². The fraction of sp³-hybridized carbons (Fsp3) is 0.455. The highest BCUT2D eigenvalue weighted by atomic mass is 15.3. The maximum atomic E-state index is 4.28. The Labute approximate surface area is 99.1 Å². The average Bonchev–Trinajstić information content (AvgIpc) is 2.76. The predicted octanol–water partition coefficient (Wildman–Crippen LogP) is 0.455. The second-order valence-corrected chi connectivity index (χ2v) is 4.25. The van der Waals surface area contributed by atoms with Gasteiger partial charge in [0.05, 0.1) is 17.9 Å². The van der Waals surface area contributed by atoms with Crippen molar-refractivity contribution in [1.82, 2.24) is 30.3 Å². The SMILES string of the molecule is Cc1cc(-c2nnc3n2CCNC3)c(C)nn1. The Balaban J connectivity index is 2.15. The van der Waals surface area contributed by atoms with Gasteiger partial charge >= 0.3 is 0 Å². The molecule has 6 heteroatoms. The van der Waals surface area contributed by atoms with Crippen LogP contribution in [0.3, 0.4) is 0 Å². The van der Waals surface area contributed by atoms with E-state index in [1.54, 1.807) is 0 Å². The maximum absolute atomic E-state index is 4.28. The lowest BCUT2D eigenvalue weighted by Crippen LogP contribution is -2.28. The maximum Gasteiger partial charge on any atom is 0.166 e. The van der Waals surface area contributed by atoms with Crippen molar-refractivity contribution in [3.63, 3.8) is 0 Å². The van der Waals surface area contributed by atoms with Gasteiger partial charge < -0.3 is 9.88 Å². The van der Waals surface area contributed by atoms with Crippen molar-refractivity contribution >= 4 is 0 Å². The summed E-state index contributed by atoms with van der Waals surface area (Å²) in [5, 5.41) is 19.9. The fourth-order valence-electron chi connectivity index (χ4n) is 2.07. The Hall–Kier alpha value is -1.82. The summed E-state index contributed by atoms with van der Waals surface area (Å²) in [6.45, 7) is 6.52. The van der Waals surface area contributed by atoms with E-state index >= 15 is 0 Å². The molecule has 0 aliphatic carbocycles. The summed E-state index contributed by atoms with van der Waals surface area (Å²) in [5.74, 6) is 1.89. The van der Waals surface area contributed by atoms with Gasteiger partial charge in [0.15, 0.2) is 5.82 Å². The molecule has 0 aromatic carbocycles. The zero-order chi connectivity index (χ0) is 11.8. The van der Waals surface area contributed by atoms with Crippen LogP contribution in [0, 0.1) is 13.8 Å². The molecule has 0 saturated heterocycles. The molecule has 1 aliphatic rings. The lowest BCUT2D eigenvalue weighted by molar-refractivity contribution is 0.508. The summed E-state index contributed by atoms with van der Waals surface area (Å²) in [6.07, 6.45) is 0. The molecule has 3 rings (SSSR count). The number of rotatable bonds is 1. The summed E-state index contributed by atoms with van der Waals surface area (Å²) in [6, 6.07) is 2.02. The molecular formula is C11H14N6.